The number of nitrogens with one attached hydrogen (secondary N) is 1. The molecule has 0 aliphatic rings. The summed E-state index contributed by atoms with van der Waals surface area (Å²) in [6, 6.07) is 5.06. The lowest BCUT2D eigenvalue weighted by molar-refractivity contribution is 0.0956. The second kappa shape index (κ2) is 5.94. The maximum absolute atomic E-state index is 11.6. The summed E-state index contributed by atoms with van der Waals surface area (Å²) < 4.78 is 22.8. The molecule has 94 valence electrons. The molecule has 1 aromatic carbocycles. The van der Waals surface area contributed by atoms with Crippen molar-refractivity contribution in [3.05, 3.63) is 32.7 Å². The van der Waals surface area contributed by atoms with Gasteiger partial charge in [-0.15, -0.1) is 0 Å². The Morgan fingerprint density at radius 1 is 1.24 bits per heavy atom. The van der Waals surface area contributed by atoms with Crippen molar-refractivity contribution in [2.75, 3.05) is 12.3 Å². The molecule has 8 heteroatoms. The highest BCUT2D eigenvalue weighted by molar-refractivity contribution is 9.11. The maximum Gasteiger partial charge on any atom is 0.251 e. The Hall–Kier alpha value is -0.440. The van der Waals surface area contributed by atoms with Crippen LogP contribution in [0.2, 0.25) is 0 Å². The summed E-state index contributed by atoms with van der Waals surface area (Å²) in [4.78, 5) is 11.6. The Morgan fingerprint density at radius 2 is 1.76 bits per heavy atom. The number of benzene rings is 1. The predicted octanol–water partition coefficient (Wildman–Crippen LogP) is 1.23. The van der Waals surface area contributed by atoms with Crippen LogP contribution >= 0.6 is 31.9 Å². The molecule has 3 N–H and O–H groups in total. The van der Waals surface area contributed by atoms with Crippen molar-refractivity contribution >= 4 is 47.8 Å². The minimum Gasteiger partial charge on any atom is -0.351 e. The molecule has 0 aliphatic heterocycles. The molecule has 17 heavy (non-hydrogen) atoms. The van der Waals surface area contributed by atoms with Gasteiger partial charge in [0.2, 0.25) is 10.0 Å². The number of halogens is 2. The Kier molecular flexibility index (Phi) is 5.11. The Labute approximate surface area is 116 Å². The number of amides is 1. The Morgan fingerprint density at radius 3 is 2.24 bits per heavy atom. The van der Waals surface area contributed by atoms with Crippen LogP contribution < -0.4 is 10.5 Å². The molecule has 1 rings (SSSR count). The average molecular weight is 386 g/mol. The molecule has 0 radical (unpaired) electrons. The summed E-state index contributed by atoms with van der Waals surface area (Å²) in [5.41, 5.74) is 0.431. The zero-order valence-corrected chi connectivity index (χ0v) is 12.6. The van der Waals surface area contributed by atoms with E-state index in [0.717, 1.165) is 8.95 Å². The number of rotatable bonds is 4. The van der Waals surface area contributed by atoms with Gasteiger partial charge in [-0.1, -0.05) is 31.9 Å². The summed E-state index contributed by atoms with van der Waals surface area (Å²) in [5, 5.41) is 7.28. The summed E-state index contributed by atoms with van der Waals surface area (Å²) in [5.74, 6) is -0.635. The van der Waals surface area contributed by atoms with Gasteiger partial charge in [0, 0.05) is 21.1 Å². The largest absolute Gasteiger partial charge is 0.351 e. The third-order valence-electron chi connectivity index (χ3n) is 1.80. The number of primary sulfonamides is 1. The van der Waals surface area contributed by atoms with Crippen molar-refractivity contribution in [2.45, 2.75) is 0 Å². The molecule has 0 fully saturated rings. The van der Waals surface area contributed by atoms with E-state index in [-0.39, 0.29) is 18.2 Å². The molecule has 0 aliphatic carbocycles. The van der Waals surface area contributed by atoms with Crippen LogP contribution in [-0.4, -0.2) is 26.6 Å². The molecule has 0 saturated carbocycles. The number of sulfonamides is 1. The van der Waals surface area contributed by atoms with Crippen molar-refractivity contribution in [2.24, 2.45) is 5.14 Å². The molecule has 1 aromatic rings. The molecule has 0 atom stereocenters. The van der Waals surface area contributed by atoms with Gasteiger partial charge in [0.1, 0.15) is 0 Å². The standard InChI is InChI=1S/C9H10Br2N2O3S/c10-7-3-6(4-8(11)5-7)9(14)13-1-2-17(12,15)16/h3-5H,1-2H2,(H,13,14)(H2,12,15,16). The van der Waals surface area contributed by atoms with E-state index in [9.17, 15) is 13.2 Å². The molecule has 1 amide bonds. The van der Waals surface area contributed by atoms with Gasteiger partial charge in [0.25, 0.3) is 5.91 Å². The van der Waals surface area contributed by atoms with Crippen LogP contribution in [-0.2, 0) is 10.0 Å². The lowest BCUT2D eigenvalue weighted by Gasteiger charge is -2.05. The molecule has 0 aromatic heterocycles. The number of carbonyl (C=O) groups is 1. The van der Waals surface area contributed by atoms with Crippen LogP contribution in [0.15, 0.2) is 27.1 Å². The number of hydrogen-bond donors (Lipinski definition) is 2. The molecule has 0 saturated heterocycles. The highest BCUT2D eigenvalue weighted by atomic mass is 79.9. The van der Waals surface area contributed by atoms with E-state index >= 15 is 0 Å². The monoisotopic (exact) mass is 384 g/mol. The fourth-order valence-electron chi connectivity index (χ4n) is 1.09. The van der Waals surface area contributed by atoms with E-state index in [1.807, 2.05) is 0 Å². The van der Waals surface area contributed by atoms with Crippen LogP contribution in [0.25, 0.3) is 0 Å². The van der Waals surface area contributed by atoms with Gasteiger partial charge in [-0.3, -0.25) is 4.79 Å². The zero-order valence-electron chi connectivity index (χ0n) is 8.61. The maximum atomic E-state index is 11.6. The topological polar surface area (TPSA) is 89.3 Å². The van der Waals surface area contributed by atoms with Crippen LogP contribution in [0.1, 0.15) is 10.4 Å². The third-order valence-corrected chi connectivity index (χ3v) is 3.49. The van der Waals surface area contributed by atoms with Crippen LogP contribution in [0.5, 0.6) is 0 Å². The molecule has 5 nitrogen and oxygen atoms in total. The second-order valence-electron chi connectivity index (χ2n) is 3.28. The highest BCUT2D eigenvalue weighted by Gasteiger charge is 2.08. The first kappa shape index (κ1) is 14.6. The van der Waals surface area contributed by atoms with E-state index in [0.29, 0.717) is 5.56 Å². The lowest BCUT2D eigenvalue weighted by atomic mass is 10.2. The van der Waals surface area contributed by atoms with Crippen LogP contribution in [0.3, 0.4) is 0 Å². The smallest absolute Gasteiger partial charge is 0.251 e. The van der Waals surface area contributed by atoms with E-state index < -0.39 is 10.0 Å². The molecule has 0 spiro atoms. The molecular weight excluding hydrogens is 376 g/mol. The number of hydrogen-bond acceptors (Lipinski definition) is 3. The summed E-state index contributed by atoms with van der Waals surface area (Å²) >= 11 is 6.51. The summed E-state index contributed by atoms with van der Waals surface area (Å²) in [6.07, 6.45) is 0. The number of carbonyl (C=O) groups excluding carboxylic acids is 1. The van der Waals surface area contributed by atoms with Crippen molar-refractivity contribution in [3.63, 3.8) is 0 Å². The summed E-state index contributed by atoms with van der Waals surface area (Å²) in [7, 11) is -3.55. The fourth-order valence-corrected chi connectivity index (χ4v) is 2.77. The van der Waals surface area contributed by atoms with Gasteiger partial charge < -0.3 is 5.32 Å². The van der Waals surface area contributed by atoms with Gasteiger partial charge in [-0.25, -0.2) is 13.6 Å². The SMILES string of the molecule is NS(=O)(=O)CCNC(=O)c1cc(Br)cc(Br)c1. The Bertz CT molecular complexity index is 511. The van der Waals surface area contributed by atoms with E-state index in [4.69, 9.17) is 5.14 Å². The first-order valence-corrected chi connectivity index (χ1v) is 7.83. The minimum atomic E-state index is -3.55. The van der Waals surface area contributed by atoms with E-state index in [1.54, 1.807) is 18.2 Å². The quantitative estimate of drug-likeness (QED) is 0.816. The molecule has 0 unspecified atom stereocenters. The van der Waals surface area contributed by atoms with E-state index in [2.05, 4.69) is 37.2 Å². The molecular formula is C9H10Br2N2O3S. The second-order valence-corrected chi connectivity index (χ2v) is 6.85. The molecule has 0 heterocycles. The normalized spacial score (nSPS) is 11.2. The number of nitrogens with two attached hydrogens (primary N) is 1. The van der Waals surface area contributed by atoms with Gasteiger partial charge >= 0.3 is 0 Å². The predicted molar refractivity (Wildman–Crippen MR) is 72.1 cm³/mol. The van der Waals surface area contributed by atoms with Crippen molar-refractivity contribution < 1.29 is 13.2 Å². The molecule has 0 bridgehead atoms. The van der Waals surface area contributed by atoms with Crippen LogP contribution in [0, 0.1) is 0 Å². The summed E-state index contributed by atoms with van der Waals surface area (Å²) in [6.45, 7) is -0.0121. The zero-order chi connectivity index (χ0) is 13.1. The highest BCUT2D eigenvalue weighted by Crippen LogP contribution is 2.19. The minimum absolute atomic E-state index is 0.0121. The van der Waals surface area contributed by atoms with Crippen molar-refractivity contribution in [1.29, 1.82) is 0 Å². The van der Waals surface area contributed by atoms with Crippen molar-refractivity contribution in [3.8, 4) is 0 Å². The van der Waals surface area contributed by atoms with Crippen LogP contribution in [0.4, 0.5) is 0 Å². The lowest BCUT2D eigenvalue weighted by Crippen LogP contribution is -2.31. The first-order valence-electron chi connectivity index (χ1n) is 4.53. The fraction of sp³-hybridized carbons (Fsp3) is 0.222. The van der Waals surface area contributed by atoms with Gasteiger partial charge in [-0.2, -0.15) is 0 Å². The van der Waals surface area contributed by atoms with Crippen molar-refractivity contribution in [1.82, 2.24) is 5.32 Å². The first-order chi connectivity index (χ1) is 7.78. The third kappa shape index (κ3) is 5.62. The average Bonchev–Trinajstić information content (AvgIpc) is 2.13. The van der Waals surface area contributed by atoms with E-state index in [1.165, 1.54) is 0 Å². The van der Waals surface area contributed by atoms with Gasteiger partial charge in [-0.05, 0) is 18.2 Å². The van der Waals surface area contributed by atoms with Gasteiger partial charge in [0.05, 0.1) is 5.75 Å². The Balaban J connectivity index is 2.64. The van der Waals surface area contributed by atoms with Gasteiger partial charge in [0.15, 0.2) is 0 Å².